The van der Waals surface area contributed by atoms with Crippen molar-refractivity contribution in [3.05, 3.63) is 35.5 Å². The monoisotopic (exact) mass is 336 g/mol. The molecule has 1 saturated heterocycles. The lowest BCUT2D eigenvalue weighted by Gasteiger charge is -2.33. The molecule has 1 fully saturated rings. The van der Waals surface area contributed by atoms with Gasteiger partial charge in [-0.05, 0) is 42.9 Å². The van der Waals surface area contributed by atoms with E-state index in [9.17, 15) is 0 Å². The topological polar surface area (TPSA) is 68.9 Å². The molecule has 0 amide bonds. The third-order valence-corrected chi connectivity index (χ3v) is 5.67. The number of ether oxygens (including phenoxy) is 1. The van der Waals surface area contributed by atoms with Crippen LogP contribution in [0, 0.1) is 5.41 Å². The Balaban J connectivity index is 1.66. The number of nitrogen functional groups attached to an aromatic ring is 1. The molecule has 1 aromatic carbocycles. The average molecular weight is 336 g/mol. The number of aromatic amines is 1. The second-order valence-electron chi connectivity index (χ2n) is 8.20. The van der Waals surface area contributed by atoms with Crippen molar-refractivity contribution in [2.45, 2.75) is 45.8 Å². The van der Waals surface area contributed by atoms with Crippen LogP contribution >= 0.6 is 0 Å². The van der Waals surface area contributed by atoms with E-state index in [0.29, 0.717) is 5.41 Å². The molecular formula is C20H24N4O. The summed E-state index contributed by atoms with van der Waals surface area (Å²) in [5.74, 6) is 0. The quantitative estimate of drug-likeness (QED) is 0.694. The third kappa shape index (κ3) is 2.37. The number of benzene rings is 1. The summed E-state index contributed by atoms with van der Waals surface area (Å²) in [5, 5.41) is 6.17. The number of nitrogens with one attached hydrogen (secondary N) is 1. The first-order valence-corrected chi connectivity index (χ1v) is 9.11. The van der Waals surface area contributed by atoms with Gasteiger partial charge in [0, 0.05) is 34.3 Å². The van der Waals surface area contributed by atoms with Gasteiger partial charge in [-0.25, -0.2) is 4.68 Å². The van der Waals surface area contributed by atoms with Gasteiger partial charge in [0.2, 0.25) is 0 Å². The van der Waals surface area contributed by atoms with E-state index in [1.54, 1.807) is 0 Å². The van der Waals surface area contributed by atoms with E-state index in [4.69, 9.17) is 15.6 Å². The molecule has 0 spiro atoms. The Kier molecular flexibility index (Phi) is 3.07. The highest BCUT2D eigenvalue weighted by atomic mass is 16.5. The van der Waals surface area contributed by atoms with Crippen LogP contribution in [0.15, 0.2) is 24.3 Å². The summed E-state index contributed by atoms with van der Waals surface area (Å²) < 4.78 is 7.90. The molecule has 3 heterocycles. The van der Waals surface area contributed by atoms with Gasteiger partial charge in [0.05, 0.1) is 12.3 Å². The van der Waals surface area contributed by atoms with Crippen molar-refractivity contribution in [3.8, 4) is 11.4 Å². The van der Waals surface area contributed by atoms with Crippen LogP contribution in [-0.2, 0) is 17.6 Å². The molecule has 1 aliphatic carbocycles. The summed E-state index contributed by atoms with van der Waals surface area (Å²) in [6.45, 7) is 5.53. The lowest BCUT2D eigenvalue weighted by molar-refractivity contribution is -0.108. The van der Waals surface area contributed by atoms with E-state index in [2.05, 4.69) is 35.6 Å². The van der Waals surface area contributed by atoms with E-state index in [0.717, 1.165) is 48.5 Å². The Labute approximate surface area is 147 Å². The van der Waals surface area contributed by atoms with Crippen LogP contribution in [0.5, 0.6) is 0 Å². The first-order valence-electron chi connectivity index (χ1n) is 9.11. The minimum absolute atomic E-state index is 0.108. The highest BCUT2D eigenvalue weighted by Crippen LogP contribution is 2.41. The zero-order chi connectivity index (χ0) is 17.2. The Morgan fingerprint density at radius 3 is 2.92 bits per heavy atom. The number of anilines is 1. The molecule has 2 aromatic heterocycles. The van der Waals surface area contributed by atoms with Gasteiger partial charge in [0.25, 0.3) is 0 Å². The predicted octanol–water partition coefficient (Wildman–Crippen LogP) is 4.05. The Hall–Kier alpha value is -2.27. The second kappa shape index (κ2) is 5.11. The van der Waals surface area contributed by atoms with Crippen LogP contribution in [0.2, 0.25) is 0 Å². The minimum atomic E-state index is 0.108. The Morgan fingerprint density at radius 1 is 1.32 bits per heavy atom. The van der Waals surface area contributed by atoms with E-state index >= 15 is 0 Å². The molecule has 2 aliphatic rings. The van der Waals surface area contributed by atoms with Gasteiger partial charge < -0.3 is 15.5 Å². The van der Waals surface area contributed by atoms with Gasteiger partial charge in [0.15, 0.2) is 6.23 Å². The third-order valence-electron chi connectivity index (χ3n) is 5.67. The summed E-state index contributed by atoms with van der Waals surface area (Å²) in [4.78, 5) is 3.52. The molecule has 5 nitrogen and oxygen atoms in total. The van der Waals surface area contributed by atoms with E-state index in [1.807, 2.05) is 12.1 Å². The van der Waals surface area contributed by atoms with Gasteiger partial charge in [-0.3, -0.25) is 0 Å². The SMILES string of the molecule is CC1(C)CCc2c(-c3cc4ccc(N)cc4[nH]3)nn(C3CCO3)c2C1. The normalized spacial score (nSPS) is 21.9. The van der Waals surface area contributed by atoms with Gasteiger partial charge in [-0.1, -0.05) is 19.9 Å². The lowest BCUT2D eigenvalue weighted by Crippen LogP contribution is -2.30. The van der Waals surface area contributed by atoms with Crippen LogP contribution in [0.25, 0.3) is 22.3 Å². The molecule has 5 heteroatoms. The van der Waals surface area contributed by atoms with Crippen molar-refractivity contribution in [1.82, 2.24) is 14.8 Å². The molecule has 3 N–H and O–H groups in total. The zero-order valence-electron chi connectivity index (χ0n) is 14.8. The van der Waals surface area contributed by atoms with E-state index in [1.165, 1.54) is 23.1 Å². The molecule has 25 heavy (non-hydrogen) atoms. The zero-order valence-corrected chi connectivity index (χ0v) is 14.8. The number of H-pyrrole nitrogens is 1. The molecular weight excluding hydrogens is 312 g/mol. The van der Waals surface area contributed by atoms with Crippen molar-refractivity contribution < 1.29 is 4.74 Å². The predicted molar refractivity (Wildman–Crippen MR) is 99.3 cm³/mol. The van der Waals surface area contributed by atoms with Crippen molar-refractivity contribution in [3.63, 3.8) is 0 Å². The summed E-state index contributed by atoms with van der Waals surface area (Å²) in [6, 6.07) is 8.18. The van der Waals surface area contributed by atoms with Crippen molar-refractivity contribution in [2.75, 3.05) is 12.3 Å². The van der Waals surface area contributed by atoms with Crippen LogP contribution in [0.4, 0.5) is 5.69 Å². The van der Waals surface area contributed by atoms with Crippen molar-refractivity contribution >= 4 is 16.6 Å². The molecule has 3 aromatic rings. The van der Waals surface area contributed by atoms with Gasteiger partial charge in [-0.2, -0.15) is 5.10 Å². The highest BCUT2D eigenvalue weighted by molar-refractivity contribution is 5.88. The minimum Gasteiger partial charge on any atom is -0.399 e. The first-order chi connectivity index (χ1) is 12.0. The largest absolute Gasteiger partial charge is 0.399 e. The fraction of sp³-hybridized carbons (Fsp3) is 0.450. The molecule has 0 radical (unpaired) electrons. The highest BCUT2D eigenvalue weighted by Gasteiger charge is 2.35. The van der Waals surface area contributed by atoms with E-state index < -0.39 is 0 Å². The number of nitrogens with two attached hydrogens (primary N) is 1. The number of rotatable bonds is 2. The Morgan fingerprint density at radius 2 is 2.16 bits per heavy atom. The average Bonchev–Trinajstić information content (AvgIpc) is 3.06. The smallest absolute Gasteiger partial charge is 0.152 e. The van der Waals surface area contributed by atoms with E-state index in [-0.39, 0.29) is 6.23 Å². The summed E-state index contributed by atoms with van der Waals surface area (Å²) in [5.41, 5.74) is 13.0. The van der Waals surface area contributed by atoms with Gasteiger partial charge in [0.1, 0.15) is 5.69 Å². The van der Waals surface area contributed by atoms with Crippen LogP contribution in [0.1, 0.15) is 44.2 Å². The molecule has 0 bridgehead atoms. The molecule has 1 atom stereocenters. The molecule has 5 rings (SSSR count). The first kappa shape index (κ1) is 15.0. The number of nitrogens with zero attached hydrogens (tertiary/aromatic N) is 2. The molecule has 1 unspecified atom stereocenters. The lowest BCUT2D eigenvalue weighted by atomic mass is 9.76. The van der Waals surface area contributed by atoms with Gasteiger partial charge >= 0.3 is 0 Å². The van der Waals surface area contributed by atoms with Crippen molar-refractivity contribution in [1.29, 1.82) is 0 Å². The van der Waals surface area contributed by atoms with Crippen LogP contribution in [0.3, 0.4) is 0 Å². The number of fused-ring (bicyclic) bond motifs is 2. The van der Waals surface area contributed by atoms with Gasteiger partial charge in [-0.15, -0.1) is 0 Å². The molecule has 0 saturated carbocycles. The maximum atomic E-state index is 5.93. The maximum absolute atomic E-state index is 5.93. The summed E-state index contributed by atoms with van der Waals surface area (Å²) >= 11 is 0. The number of aromatic nitrogens is 3. The second-order valence-corrected chi connectivity index (χ2v) is 8.20. The molecule has 130 valence electrons. The number of hydrogen-bond donors (Lipinski definition) is 2. The van der Waals surface area contributed by atoms with Crippen molar-refractivity contribution in [2.24, 2.45) is 5.41 Å². The Bertz CT molecular complexity index is 962. The number of hydrogen-bond acceptors (Lipinski definition) is 3. The standard InChI is InChI=1S/C20H24N4O/c1-20(2)7-5-14-17(11-20)24(18-6-8-25-18)23-19(14)16-9-12-3-4-13(21)10-15(12)22-16/h3-4,9-10,18,22H,5-8,11,21H2,1-2H3. The fourth-order valence-electron chi connectivity index (χ4n) is 4.10. The fourth-order valence-corrected chi connectivity index (χ4v) is 4.10. The van der Waals surface area contributed by atoms with Crippen LogP contribution < -0.4 is 5.73 Å². The van der Waals surface area contributed by atoms with Crippen LogP contribution in [-0.4, -0.2) is 21.4 Å². The maximum Gasteiger partial charge on any atom is 0.152 e. The summed E-state index contributed by atoms with van der Waals surface area (Å²) in [6.07, 6.45) is 4.48. The summed E-state index contributed by atoms with van der Waals surface area (Å²) in [7, 11) is 0. The molecule has 1 aliphatic heterocycles.